The third-order valence-corrected chi connectivity index (χ3v) is 7.45. The summed E-state index contributed by atoms with van der Waals surface area (Å²) in [4.78, 5) is 4.67. The molecule has 0 bridgehead atoms. The molecule has 0 atom stereocenters. The minimum Gasteiger partial charge on any atom is -0.315 e. The molecule has 3 heterocycles. The van der Waals surface area contributed by atoms with Crippen LogP contribution in [0.2, 0.25) is 0 Å². The second kappa shape index (κ2) is 7.71. The van der Waals surface area contributed by atoms with Crippen molar-refractivity contribution in [3.63, 3.8) is 0 Å². The highest BCUT2D eigenvalue weighted by Crippen LogP contribution is 2.39. The van der Waals surface area contributed by atoms with Gasteiger partial charge in [-0.1, -0.05) is 0 Å². The minimum atomic E-state index is -3.68. The van der Waals surface area contributed by atoms with Gasteiger partial charge in [0.25, 0.3) is 0 Å². The van der Waals surface area contributed by atoms with Crippen molar-refractivity contribution in [3.05, 3.63) is 52.0 Å². The van der Waals surface area contributed by atoms with Crippen LogP contribution in [-0.4, -0.2) is 20.4 Å². The third kappa shape index (κ3) is 3.52. The Hall–Kier alpha value is -1.32. The summed E-state index contributed by atoms with van der Waals surface area (Å²) in [6, 6.07) is 6.40. The van der Waals surface area contributed by atoms with Gasteiger partial charge in [-0.2, -0.15) is 15.7 Å². The van der Waals surface area contributed by atoms with E-state index in [0.29, 0.717) is 12.1 Å². The molecule has 0 spiro atoms. The first-order chi connectivity index (χ1) is 11.0. The average molecular weight is 405 g/mol. The molecule has 3 aromatic rings. The number of aromatic nitrogens is 1. The van der Waals surface area contributed by atoms with Crippen LogP contribution in [0.3, 0.4) is 0 Å². The van der Waals surface area contributed by atoms with Gasteiger partial charge in [-0.3, -0.25) is 0 Å². The lowest BCUT2D eigenvalue weighted by molar-refractivity contribution is 0.587. The van der Waals surface area contributed by atoms with E-state index in [0.717, 1.165) is 16.2 Å². The zero-order chi connectivity index (χ0) is 16.4. The fraction of sp³-hybridized carbons (Fsp3) is 0.133. The Morgan fingerprint density at radius 3 is 2.71 bits per heavy atom. The Bertz CT molecular complexity index is 924. The van der Waals surface area contributed by atoms with Crippen LogP contribution in [0.1, 0.15) is 4.88 Å². The minimum absolute atomic E-state index is 0. The van der Waals surface area contributed by atoms with Crippen molar-refractivity contribution in [2.24, 2.45) is 0 Å². The van der Waals surface area contributed by atoms with Crippen LogP contribution in [0.25, 0.3) is 11.1 Å². The van der Waals surface area contributed by atoms with Crippen LogP contribution in [0.15, 0.2) is 50.3 Å². The number of nitrogens with zero attached hydrogens (tertiary/aromatic N) is 1. The molecule has 0 aromatic carbocycles. The summed E-state index contributed by atoms with van der Waals surface area (Å²) in [6.07, 6.45) is 1.34. The number of sulfone groups is 1. The van der Waals surface area contributed by atoms with Crippen LogP contribution in [-0.2, 0) is 16.4 Å². The maximum absolute atomic E-state index is 14.1. The smallest absolute Gasteiger partial charge is 0.220 e. The molecule has 0 radical (unpaired) electrons. The van der Waals surface area contributed by atoms with E-state index in [2.05, 4.69) is 10.3 Å². The molecule has 4 nitrogen and oxygen atoms in total. The average Bonchev–Trinajstić information content (AvgIpc) is 3.18. The standard InChI is InChI=1S/C15H13FN2O2S3.ClH/c1-17-8-10-7-13(12-3-2-5-18-14(12)16)15(22-10)23(19,20)11-4-6-21-9-11;/h2-7,9,17H,8H2,1H3;1H. The van der Waals surface area contributed by atoms with Crippen molar-refractivity contribution >= 4 is 44.9 Å². The Labute approximate surface area is 153 Å². The van der Waals surface area contributed by atoms with E-state index in [1.807, 2.05) is 0 Å². The zero-order valence-electron chi connectivity index (χ0n) is 12.5. The molecule has 0 saturated heterocycles. The third-order valence-electron chi connectivity index (χ3n) is 3.20. The van der Waals surface area contributed by atoms with Crippen LogP contribution >= 0.6 is 35.1 Å². The van der Waals surface area contributed by atoms with Crippen LogP contribution in [0.5, 0.6) is 0 Å². The first-order valence-electron chi connectivity index (χ1n) is 6.69. The summed E-state index contributed by atoms with van der Waals surface area (Å²) in [5.74, 6) is -0.678. The number of thiophene rings is 2. The Morgan fingerprint density at radius 2 is 2.08 bits per heavy atom. The maximum atomic E-state index is 14.1. The maximum Gasteiger partial charge on any atom is 0.220 e. The Kier molecular flexibility index (Phi) is 6.11. The predicted octanol–water partition coefficient (Wildman–Crippen LogP) is 3.98. The van der Waals surface area contributed by atoms with Crippen LogP contribution in [0.4, 0.5) is 4.39 Å². The molecule has 0 fully saturated rings. The van der Waals surface area contributed by atoms with E-state index in [1.54, 1.807) is 42.1 Å². The van der Waals surface area contributed by atoms with Crippen molar-refractivity contribution < 1.29 is 12.8 Å². The molecule has 9 heteroatoms. The van der Waals surface area contributed by atoms with E-state index >= 15 is 0 Å². The molecule has 3 rings (SSSR count). The number of rotatable bonds is 5. The SMILES string of the molecule is CNCc1cc(-c2cccnc2F)c(S(=O)(=O)c2ccsc2)s1.Cl. The van der Waals surface area contributed by atoms with E-state index in [9.17, 15) is 12.8 Å². The second-order valence-electron chi connectivity index (χ2n) is 4.75. The lowest BCUT2D eigenvalue weighted by Crippen LogP contribution is -2.02. The summed E-state index contributed by atoms with van der Waals surface area (Å²) >= 11 is 2.46. The number of hydrogen-bond donors (Lipinski definition) is 1. The highest BCUT2D eigenvalue weighted by molar-refractivity contribution is 7.93. The number of halogens is 2. The van der Waals surface area contributed by atoms with Gasteiger partial charge in [-0.15, -0.1) is 23.7 Å². The van der Waals surface area contributed by atoms with Crippen LogP contribution in [0, 0.1) is 5.95 Å². The van der Waals surface area contributed by atoms with Crippen molar-refractivity contribution in [1.82, 2.24) is 10.3 Å². The van der Waals surface area contributed by atoms with Gasteiger partial charge in [0, 0.05) is 34.1 Å². The van der Waals surface area contributed by atoms with Gasteiger partial charge in [0.1, 0.15) is 4.21 Å². The highest BCUT2D eigenvalue weighted by atomic mass is 35.5. The Morgan fingerprint density at radius 1 is 1.29 bits per heavy atom. The summed E-state index contributed by atoms with van der Waals surface area (Å²) in [6.45, 7) is 0.513. The van der Waals surface area contributed by atoms with Crippen molar-refractivity contribution in [2.75, 3.05) is 7.05 Å². The fourth-order valence-electron chi connectivity index (χ4n) is 2.17. The van der Waals surface area contributed by atoms with Crippen LogP contribution < -0.4 is 5.32 Å². The molecule has 0 saturated carbocycles. The predicted molar refractivity (Wildman–Crippen MR) is 97.3 cm³/mol. The lowest BCUT2D eigenvalue weighted by Gasteiger charge is -2.05. The molecular formula is C15H14ClFN2O2S3. The van der Waals surface area contributed by atoms with Crippen molar-refractivity contribution in [3.8, 4) is 11.1 Å². The summed E-state index contributed by atoms with van der Waals surface area (Å²) in [7, 11) is -1.91. The summed E-state index contributed by atoms with van der Waals surface area (Å²) < 4.78 is 40.0. The molecule has 24 heavy (non-hydrogen) atoms. The first kappa shape index (κ1) is 19.0. The van der Waals surface area contributed by atoms with Gasteiger partial charge in [-0.25, -0.2) is 13.4 Å². The van der Waals surface area contributed by atoms with E-state index in [-0.39, 0.29) is 27.1 Å². The van der Waals surface area contributed by atoms with Gasteiger partial charge in [0.2, 0.25) is 15.8 Å². The van der Waals surface area contributed by atoms with E-state index < -0.39 is 15.8 Å². The molecule has 0 unspecified atom stereocenters. The molecule has 0 aliphatic carbocycles. The lowest BCUT2D eigenvalue weighted by atomic mass is 10.1. The van der Waals surface area contributed by atoms with E-state index in [1.165, 1.54) is 17.5 Å². The number of pyridine rings is 1. The van der Waals surface area contributed by atoms with Crippen molar-refractivity contribution in [2.45, 2.75) is 15.6 Å². The molecule has 1 N–H and O–H groups in total. The van der Waals surface area contributed by atoms with Gasteiger partial charge in [0.05, 0.1) is 4.90 Å². The van der Waals surface area contributed by atoms with Gasteiger partial charge >= 0.3 is 0 Å². The number of nitrogens with one attached hydrogen (secondary N) is 1. The Balaban J connectivity index is 0.00000208. The molecule has 0 aliphatic heterocycles. The van der Waals surface area contributed by atoms with Gasteiger partial charge in [0.15, 0.2) is 0 Å². The van der Waals surface area contributed by atoms with Gasteiger partial charge in [-0.05, 0) is 36.7 Å². The molecule has 128 valence electrons. The van der Waals surface area contributed by atoms with Gasteiger partial charge < -0.3 is 5.32 Å². The summed E-state index contributed by atoms with van der Waals surface area (Å²) in [5.41, 5.74) is 0.553. The van der Waals surface area contributed by atoms with E-state index in [4.69, 9.17) is 0 Å². The molecule has 0 aliphatic rings. The molecule has 0 amide bonds. The monoisotopic (exact) mass is 404 g/mol. The topological polar surface area (TPSA) is 59.1 Å². The van der Waals surface area contributed by atoms with Crippen molar-refractivity contribution in [1.29, 1.82) is 0 Å². The largest absolute Gasteiger partial charge is 0.315 e. The zero-order valence-corrected chi connectivity index (χ0v) is 15.8. The second-order valence-corrected chi connectivity index (χ2v) is 8.81. The quantitative estimate of drug-likeness (QED) is 0.653. The summed E-state index contributed by atoms with van der Waals surface area (Å²) in [5, 5.41) is 6.27. The normalized spacial score (nSPS) is 11.2. The fourth-order valence-corrected chi connectivity index (χ4v) is 6.33. The highest BCUT2D eigenvalue weighted by Gasteiger charge is 2.27. The first-order valence-corrected chi connectivity index (χ1v) is 9.93. The molecule has 3 aromatic heterocycles. The molecular weight excluding hydrogens is 391 g/mol. The number of hydrogen-bond acceptors (Lipinski definition) is 6.